The zero-order valence-corrected chi connectivity index (χ0v) is 20.2. The molecule has 1 N–H and O–H groups in total. The van der Waals surface area contributed by atoms with Crippen LogP contribution in [0.1, 0.15) is 29.3 Å². The van der Waals surface area contributed by atoms with Gasteiger partial charge < -0.3 is 10.2 Å². The molecule has 0 spiro atoms. The highest BCUT2D eigenvalue weighted by atomic mass is 35.5. The van der Waals surface area contributed by atoms with E-state index >= 15 is 0 Å². The number of nitrogens with zero attached hydrogens (tertiary/aromatic N) is 2. The Morgan fingerprint density at radius 2 is 1.87 bits per heavy atom. The normalized spacial score (nSPS) is 14.7. The molecule has 1 aliphatic heterocycles. The summed E-state index contributed by atoms with van der Waals surface area (Å²) >= 11 is 25.7. The van der Waals surface area contributed by atoms with E-state index in [1.165, 1.54) is 5.01 Å². The molecule has 0 amide bonds. The highest BCUT2D eigenvalue weighted by molar-refractivity contribution is 7.80. The van der Waals surface area contributed by atoms with Gasteiger partial charge in [-0.15, -0.1) is 11.3 Å². The van der Waals surface area contributed by atoms with Gasteiger partial charge in [-0.05, 0) is 61.8 Å². The number of piperidine rings is 1. The minimum atomic E-state index is 0.443. The SMILES string of the molecule is Cc1c(Cl)cccc1NC(=S)N1CCC(c2nc(-c3ccc(Cl)c(Cl)c3)cs2)CC1. The first-order valence-electron chi connectivity index (χ1n) is 9.64. The van der Waals surface area contributed by atoms with Crippen LogP contribution in [0.5, 0.6) is 0 Å². The van der Waals surface area contributed by atoms with E-state index in [4.69, 9.17) is 52.0 Å². The van der Waals surface area contributed by atoms with E-state index in [-0.39, 0.29) is 0 Å². The molecule has 8 heteroatoms. The van der Waals surface area contributed by atoms with Crippen molar-refractivity contribution in [2.75, 3.05) is 18.4 Å². The van der Waals surface area contributed by atoms with Gasteiger partial charge in [-0.25, -0.2) is 4.98 Å². The number of anilines is 1. The van der Waals surface area contributed by atoms with E-state index in [1.54, 1.807) is 11.3 Å². The van der Waals surface area contributed by atoms with Crippen molar-refractivity contribution in [2.24, 2.45) is 0 Å². The molecule has 1 saturated heterocycles. The Balaban J connectivity index is 1.37. The maximum Gasteiger partial charge on any atom is 0.173 e. The number of thiazole rings is 1. The van der Waals surface area contributed by atoms with Crippen molar-refractivity contribution in [3.05, 3.63) is 67.4 Å². The minimum absolute atomic E-state index is 0.443. The van der Waals surface area contributed by atoms with Crippen molar-refractivity contribution in [2.45, 2.75) is 25.7 Å². The van der Waals surface area contributed by atoms with Crippen LogP contribution in [0.2, 0.25) is 15.1 Å². The van der Waals surface area contributed by atoms with Gasteiger partial charge in [-0.2, -0.15) is 0 Å². The zero-order chi connectivity index (χ0) is 21.3. The number of aromatic nitrogens is 1. The van der Waals surface area contributed by atoms with Gasteiger partial charge in [0.15, 0.2) is 5.11 Å². The van der Waals surface area contributed by atoms with Crippen LogP contribution >= 0.6 is 58.4 Å². The number of halogens is 3. The van der Waals surface area contributed by atoms with Gasteiger partial charge in [0.1, 0.15) is 0 Å². The Bertz CT molecular complexity index is 1080. The number of rotatable bonds is 3. The molecule has 3 nitrogen and oxygen atoms in total. The molecule has 1 aliphatic rings. The Hall–Kier alpha value is -1.37. The minimum Gasteiger partial charge on any atom is -0.349 e. The molecule has 0 radical (unpaired) electrons. The molecule has 30 heavy (non-hydrogen) atoms. The molecular weight excluding hydrogens is 477 g/mol. The Morgan fingerprint density at radius 3 is 2.60 bits per heavy atom. The topological polar surface area (TPSA) is 28.2 Å². The summed E-state index contributed by atoms with van der Waals surface area (Å²) in [6.07, 6.45) is 2.04. The predicted molar refractivity (Wildman–Crippen MR) is 134 cm³/mol. The summed E-state index contributed by atoms with van der Waals surface area (Å²) in [5, 5.41) is 9.20. The van der Waals surface area contributed by atoms with Gasteiger partial charge in [0, 0.05) is 40.7 Å². The van der Waals surface area contributed by atoms with Crippen LogP contribution in [0.25, 0.3) is 11.3 Å². The van der Waals surface area contributed by atoms with E-state index in [0.29, 0.717) is 16.0 Å². The largest absolute Gasteiger partial charge is 0.349 e. The average Bonchev–Trinajstić information content (AvgIpc) is 3.24. The second kappa shape index (κ2) is 9.41. The van der Waals surface area contributed by atoms with E-state index in [1.807, 2.05) is 43.3 Å². The zero-order valence-electron chi connectivity index (χ0n) is 16.3. The lowest BCUT2D eigenvalue weighted by Crippen LogP contribution is -2.40. The molecule has 0 unspecified atom stereocenters. The van der Waals surface area contributed by atoms with Gasteiger partial charge in [0.05, 0.1) is 20.7 Å². The van der Waals surface area contributed by atoms with Crippen LogP contribution in [0, 0.1) is 6.92 Å². The lowest BCUT2D eigenvalue weighted by atomic mass is 9.98. The molecule has 0 aliphatic carbocycles. The third-order valence-corrected chi connectivity index (χ3v) is 7.89. The van der Waals surface area contributed by atoms with E-state index in [0.717, 1.165) is 58.6 Å². The summed E-state index contributed by atoms with van der Waals surface area (Å²) in [6, 6.07) is 11.5. The summed E-state index contributed by atoms with van der Waals surface area (Å²) in [6.45, 7) is 3.79. The third kappa shape index (κ3) is 4.76. The highest BCUT2D eigenvalue weighted by Gasteiger charge is 2.25. The Labute approximate surface area is 201 Å². The molecule has 0 bridgehead atoms. The van der Waals surface area contributed by atoms with Gasteiger partial charge in [-0.1, -0.05) is 46.9 Å². The fraction of sp³-hybridized carbons (Fsp3) is 0.273. The molecule has 1 fully saturated rings. The smallest absolute Gasteiger partial charge is 0.173 e. The van der Waals surface area contributed by atoms with Crippen molar-refractivity contribution in [1.29, 1.82) is 0 Å². The van der Waals surface area contributed by atoms with Gasteiger partial charge in [0.2, 0.25) is 0 Å². The maximum absolute atomic E-state index is 6.22. The third-order valence-electron chi connectivity index (χ3n) is 5.38. The molecule has 2 heterocycles. The van der Waals surface area contributed by atoms with E-state index < -0.39 is 0 Å². The van der Waals surface area contributed by atoms with Gasteiger partial charge >= 0.3 is 0 Å². The standard InChI is InChI=1S/C22H20Cl3N3S2/c1-13-16(23)3-2-4-19(13)27-22(29)28-9-7-14(8-10-28)21-26-20(12-30-21)15-5-6-17(24)18(25)11-15/h2-6,11-12,14H,7-10H2,1H3,(H,27,29). The van der Waals surface area contributed by atoms with Crippen molar-refractivity contribution >= 4 is 69.2 Å². The number of nitrogens with one attached hydrogen (secondary N) is 1. The van der Waals surface area contributed by atoms with Crippen LogP contribution in [0.15, 0.2) is 41.8 Å². The summed E-state index contributed by atoms with van der Waals surface area (Å²) in [7, 11) is 0. The van der Waals surface area contributed by atoms with Crippen LogP contribution in [0.3, 0.4) is 0 Å². The van der Waals surface area contributed by atoms with E-state index in [9.17, 15) is 0 Å². The van der Waals surface area contributed by atoms with Gasteiger partial charge in [0.25, 0.3) is 0 Å². The molecule has 0 atom stereocenters. The lowest BCUT2D eigenvalue weighted by Gasteiger charge is -2.33. The first-order chi connectivity index (χ1) is 14.4. The molecule has 4 rings (SSSR count). The molecule has 0 saturated carbocycles. The second-order valence-corrected chi connectivity index (χ2v) is 9.80. The lowest BCUT2D eigenvalue weighted by molar-refractivity contribution is 0.316. The number of hydrogen-bond acceptors (Lipinski definition) is 3. The number of likely N-dealkylation sites (tertiary alicyclic amines) is 1. The molecular formula is C22H20Cl3N3S2. The maximum atomic E-state index is 6.22. The van der Waals surface area contributed by atoms with E-state index in [2.05, 4.69) is 15.6 Å². The van der Waals surface area contributed by atoms with Gasteiger partial charge in [-0.3, -0.25) is 0 Å². The molecule has 2 aromatic carbocycles. The average molecular weight is 497 g/mol. The Kier molecular flexibility index (Phi) is 6.85. The van der Waals surface area contributed by atoms with Crippen molar-refractivity contribution in [3.8, 4) is 11.3 Å². The predicted octanol–water partition coefficient (Wildman–Crippen LogP) is 7.66. The van der Waals surface area contributed by atoms with Crippen LogP contribution in [0.4, 0.5) is 5.69 Å². The monoisotopic (exact) mass is 495 g/mol. The first kappa shape index (κ1) is 21.8. The summed E-state index contributed by atoms with van der Waals surface area (Å²) in [4.78, 5) is 7.09. The summed E-state index contributed by atoms with van der Waals surface area (Å²) in [5.41, 5.74) is 3.91. The quantitative estimate of drug-likeness (QED) is 0.377. The van der Waals surface area contributed by atoms with Crippen molar-refractivity contribution < 1.29 is 0 Å². The fourth-order valence-corrected chi connectivity index (χ4v) is 5.30. The number of thiocarbonyl (C=S) groups is 1. The number of hydrogen-bond donors (Lipinski definition) is 1. The molecule has 1 aromatic heterocycles. The summed E-state index contributed by atoms with van der Waals surface area (Å²) in [5.74, 6) is 0.443. The molecule has 3 aromatic rings. The highest BCUT2D eigenvalue weighted by Crippen LogP contribution is 2.35. The van der Waals surface area contributed by atoms with Crippen LogP contribution in [-0.2, 0) is 0 Å². The van der Waals surface area contributed by atoms with Crippen molar-refractivity contribution in [3.63, 3.8) is 0 Å². The molecule has 156 valence electrons. The van der Waals surface area contributed by atoms with Crippen molar-refractivity contribution in [1.82, 2.24) is 9.88 Å². The first-order valence-corrected chi connectivity index (χ1v) is 12.1. The second-order valence-electron chi connectivity index (χ2n) is 7.30. The fourth-order valence-electron chi connectivity index (χ4n) is 3.53. The Morgan fingerprint density at radius 1 is 1.10 bits per heavy atom. The number of benzene rings is 2. The van der Waals surface area contributed by atoms with Crippen LogP contribution < -0.4 is 5.32 Å². The van der Waals surface area contributed by atoms with Crippen LogP contribution in [-0.4, -0.2) is 28.1 Å². The summed E-state index contributed by atoms with van der Waals surface area (Å²) < 4.78 is 0.